The summed E-state index contributed by atoms with van der Waals surface area (Å²) >= 11 is 0. The fourth-order valence-corrected chi connectivity index (χ4v) is 2.19. The molecule has 0 saturated carbocycles. The van der Waals surface area contributed by atoms with E-state index in [-0.39, 0.29) is 0 Å². The van der Waals surface area contributed by atoms with Gasteiger partial charge in [-0.15, -0.1) is 0 Å². The van der Waals surface area contributed by atoms with E-state index in [4.69, 9.17) is 0 Å². The Morgan fingerprint density at radius 2 is 1.67 bits per heavy atom. The van der Waals surface area contributed by atoms with Crippen molar-refractivity contribution in [3.63, 3.8) is 0 Å². The molecule has 0 spiro atoms. The number of fused-ring (bicyclic) bond motifs is 3. The van der Waals surface area contributed by atoms with Crippen LogP contribution in [0.2, 0.25) is 0 Å². The van der Waals surface area contributed by atoms with Crippen LogP contribution in [0.5, 0.6) is 0 Å². The summed E-state index contributed by atoms with van der Waals surface area (Å²) in [6.45, 7) is 4.24. The zero-order valence-electron chi connectivity index (χ0n) is 8.96. The quantitative estimate of drug-likeness (QED) is 0.559. The van der Waals surface area contributed by atoms with Gasteiger partial charge in [0.2, 0.25) is 0 Å². The van der Waals surface area contributed by atoms with Crippen LogP contribution >= 0.6 is 0 Å². The Bertz CT molecular complexity index is 647. The van der Waals surface area contributed by atoms with E-state index in [1.807, 2.05) is 0 Å². The van der Waals surface area contributed by atoms with Gasteiger partial charge in [0.25, 0.3) is 0 Å². The first-order chi connectivity index (χ1) is 7.24. The van der Waals surface area contributed by atoms with Crippen molar-refractivity contribution in [2.75, 3.05) is 0 Å². The molecule has 3 aromatic rings. The first-order valence-corrected chi connectivity index (χ1v) is 5.23. The Kier molecular flexibility index (Phi) is 1.63. The summed E-state index contributed by atoms with van der Waals surface area (Å²) in [5.41, 5.74) is 3.76. The summed E-state index contributed by atoms with van der Waals surface area (Å²) in [6, 6.07) is 13.1. The summed E-state index contributed by atoms with van der Waals surface area (Å²) in [4.78, 5) is 3.37. The van der Waals surface area contributed by atoms with Crippen molar-refractivity contribution >= 4 is 21.7 Å². The molecule has 3 rings (SSSR count). The van der Waals surface area contributed by atoms with Crippen molar-refractivity contribution in [2.24, 2.45) is 0 Å². The van der Waals surface area contributed by atoms with Crippen molar-refractivity contribution in [3.8, 4) is 0 Å². The van der Waals surface area contributed by atoms with E-state index in [2.05, 4.69) is 55.2 Å². The highest BCUT2D eigenvalue weighted by molar-refractivity contribution is 6.06. The molecule has 1 heteroatoms. The molecule has 0 bridgehead atoms. The lowest BCUT2D eigenvalue weighted by Gasteiger charge is -2.00. The third kappa shape index (κ3) is 1.23. The number of aromatic nitrogens is 1. The van der Waals surface area contributed by atoms with Crippen LogP contribution in [0.25, 0.3) is 21.7 Å². The van der Waals surface area contributed by atoms with Gasteiger partial charge in [-0.25, -0.2) is 0 Å². The second-order valence-corrected chi connectivity index (χ2v) is 4.20. The highest BCUT2D eigenvalue weighted by Crippen LogP contribution is 2.26. The molecule has 0 aliphatic heterocycles. The molecule has 2 aromatic carbocycles. The van der Waals surface area contributed by atoms with E-state index in [1.54, 1.807) is 0 Å². The SMILES string of the molecule is Cc1ccc2ccc3[nH]c(C)cc3c2c1. The van der Waals surface area contributed by atoms with Gasteiger partial charge in [0.1, 0.15) is 0 Å². The second kappa shape index (κ2) is 2.86. The van der Waals surface area contributed by atoms with Gasteiger partial charge < -0.3 is 4.98 Å². The highest BCUT2D eigenvalue weighted by Gasteiger charge is 2.02. The maximum atomic E-state index is 3.37. The number of aromatic amines is 1. The molecular formula is C14H13N. The number of nitrogens with one attached hydrogen (secondary N) is 1. The minimum atomic E-state index is 1.22. The fraction of sp³-hybridized carbons (Fsp3) is 0.143. The summed E-state index contributed by atoms with van der Waals surface area (Å²) in [5.74, 6) is 0. The van der Waals surface area contributed by atoms with Crippen LogP contribution in [-0.4, -0.2) is 4.98 Å². The molecule has 1 nitrogen and oxygen atoms in total. The van der Waals surface area contributed by atoms with E-state index in [0.717, 1.165) is 0 Å². The fourth-order valence-electron chi connectivity index (χ4n) is 2.19. The van der Waals surface area contributed by atoms with Gasteiger partial charge in [-0.3, -0.25) is 0 Å². The van der Waals surface area contributed by atoms with E-state index in [1.165, 1.54) is 32.9 Å². The zero-order valence-corrected chi connectivity index (χ0v) is 8.96. The molecule has 0 amide bonds. The van der Waals surface area contributed by atoms with Crippen LogP contribution in [0.3, 0.4) is 0 Å². The minimum Gasteiger partial charge on any atom is -0.359 e. The third-order valence-electron chi connectivity index (χ3n) is 2.91. The molecular weight excluding hydrogens is 182 g/mol. The largest absolute Gasteiger partial charge is 0.359 e. The standard InChI is InChI=1S/C14H13N/c1-9-3-4-11-5-6-14-13(12(11)7-9)8-10(2)15-14/h3-8,15H,1-2H3. The van der Waals surface area contributed by atoms with Gasteiger partial charge in [0, 0.05) is 16.6 Å². The summed E-state index contributed by atoms with van der Waals surface area (Å²) in [5, 5.41) is 3.98. The lowest BCUT2D eigenvalue weighted by atomic mass is 10.0. The smallest absolute Gasteiger partial charge is 0.0462 e. The van der Waals surface area contributed by atoms with Gasteiger partial charge in [0.05, 0.1) is 0 Å². The van der Waals surface area contributed by atoms with Crippen molar-refractivity contribution in [1.82, 2.24) is 4.98 Å². The van der Waals surface area contributed by atoms with Gasteiger partial charge in [-0.05, 0) is 36.8 Å². The first kappa shape index (κ1) is 8.54. The molecule has 74 valence electrons. The molecule has 0 aliphatic carbocycles. The van der Waals surface area contributed by atoms with Crippen LogP contribution in [-0.2, 0) is 0 Å². The number of benzene rings is 2. The van der Waals surface area contributed by atoms with Crippen molar-refractivity contribution in [3.05, 3.63) is 47.7 Å². The summed E-state index contributed by atoms with van der Waals surface area (Å²) in [7, 11) is 0. The maximum absolute atomic E-state index is 3.37. The Morgan fingerprint density at radius 3 is 2.53 bits per heavy atom. The average molecular weight is 195 g/mol. The normalized spacial score (nSPS) is 11.3. The number of aryl methyl sites for hydroxylation is 2. The van der Waals surface area contributed by atoms with Crippen molar-refractivity contribution in [2.45, 2.75) is 13.8 Å². The van der Waals surface area contributed by atoms with Crippen LogP contribution in [0.4, 0.5) is 0 Å². The van der Waals surface area contributed by atoms with E-state index in [0.29, 0.717) is 0 Å². The molecule has 0 fully saturated rings. The predicted octanol–water partition coefficient (Wildman–Crippen LogP) is 3.94. The van der Waals surface area contributed by atoms with E-state index >= 15 is 0 Å². The van der Waals surface area contributed by atoms with Gasteiger partial charge >= 0.3 is 0 Å². The van der Waals surface area contributed by atoms with Gasteiger partial charge in [-0.2, -0.15) is 0 Å². The summed E-state index contributed by atoms with van der Waals surface area (Å²) in [6.07, 6.45) is 0. The molecule has 1 heterocycles. The molecule has 1 N–H and O–H groups in total. The molecule has 0 aliphatic rings. The minimum absolute atomic E-state index is 1.22. The Balaban J connectivity index is 2.56. The van der Waals surface area contributed by atoms with Gasteiger partial charge in [-0.1, -0.05) is 29.8 Å². The Labute approximate surface area is 88.7 Å². The van der Waals surface area contributed by atoms with Crippen molar-refractivity contribution in [1.29, 1.82) is 0 Å². The lowest BCUT2D eigenvalue weighted by Crippen LogP contribution is -1.76. The molecule has 0 saturated heterocycles. The van der Waals surface area contributed by atoms with E-state index in [9.17, 15) is 0 Å². The Morgan fingerprint density at radius 1 is 0.867 bits per heavy atom. The average Bonchev–Trinajstić information content (AvgIpc) is 2.58. The number of hydrogen-bond acceptors (Lipinski definition) is 0. The first-order valence-electron chi connectivity index (χ1n) is 5.23. The summed E-state index contributed by atoms with van der Waals surface area (Å²) < 4.78 is 0. The van der Waals surface area contributed by atoms with Crippen LogP contribution < -0.4 is 0 Å². The highest BCUT2D eigenvalue weighted by atomic mass is 14.7. The molecule has 0 radical (unpaired) electrons. The third-order valence-corrected chi connectivity index (χ3v) is 2.91. The van der Waals surface area contributed by atoms with Crippen LogP contribution in [0.1, 0.15) is 11.3 Å². The number of H-pyrrole nitrogens is 1. The van der Waals surface area contributed by atoms with Crippen molar-refractivity contribution < 1.29 is 0 Å². The molecule has 15 heavy (non-hydrogen) atoms. The lowest BCUT2D eigenvalue weighted by molar-refractivity contribution is 1.30. The van der Waals surface area contributed by atoms with Gasteiger partial charge in [0.15, 0.2) is 0 Å². The number of rotatable bonds is 0. The number of hydrogen-bond donors (Lipinski definition) is 1. The monoisotopic (exact) mass is 195 g/mol. The topological polar surface area (TPSA) is 15.8 Å². The predicted molar refractivity (Wildman–Crippen MR) is 65.3 cm³/mol. The van der Waals surface area contributed by atoms with Crippen LogP contribution in [0, 0.1) is 13.8 Å². The van der Waals surface area contributed by atoms with E-state index < -0.39 is 0 Å². The molecule has 0 atom stereocenters. The second-order valence-electron chi connectivity index (χ2n) is 4.20. The Hall–Kier alpha value is -1.76. The zero-order chi connectivity index (χ0) is 10.4. The molecule has 0 unspecified atom stereocenters. The van der Waals surface area contributed by atoms with Crippen LogP contribution in [0.15, 0.2) is 36.4 Å². The maximum Gasteiger partial charge on any atom is 0.0462 e. The molecule has 1 aromatic heterocycles.